The van der Waals surface area contributed by atoms with Crippen LogP contribution in [0.1, 0.15) is 39.4 Å². The van der Waals surface area contributed by atoms with Gasteiger partial charge in [-0.2, -0.15) is 5.10 Å². The number of hydrogen-bond acceptors (Lipinski definition) is 5. The quantitative estimate of drug-likeness (QED) is 0.727. The standard InChI is InChI=1S/C17H20N4OS2/c1-4-6-16-19-11(2)15(24-16)10-18-17(22)12-9-13(21(3)20-12)14-7-5-8-23-14/h5,7-9H,4,6,10H2,1-3H3,(H,18,22). The van der Waals surface area contributed by atoms with Gasteiger partial charge in [-0.15, -0.1) is 22.7 Å². The minimum atomic E-state index is -0.154. The average Bonchev–Trinajstić information content (AvgIpc) is 3.26. The second kappa shape index (κ2) is 7.27. The lowest BCUT2D eigenvalue weighted by molar-refractivity contribution is 0.0945. The van der Waals surface area contributed by atoms with E-state index in [4.69, 9.17) is 0 Å². The Balaban J connectivity index is 1.68. The zero-order valence-corrected chi connectivity index (χ0v) is 15.6. The molecule has 5 nitrogen and oxygen atoms in total. The SMILES string of the molecule is CCCc1nc(C)c(CNC(=O)c2cc(-c3cccs3)n(C)n2)s1. The fraction of sp³-hybridized carbons (Fsp3) is 0.353. The first kappa shape index (κ1) is 16.9. The van der Waals surface area contributed by atoms with Crippen molar-refractivity contribution in [3.8, 4) is 10.6 Å². The van der Waals surface area contributed by atoms with Crippen molar-refractivity contribution >= 4 is 28.6 Å². The van der Waals surface area contributed by atoms with Gasteiger partial charge in [0.25, 0.3) is 5.91 Å². The number of nitrogens with zero attached hydrogens (tertiary/aromatic N) is 3. The van der Waals surface area contributed by atoms with Crippen LogP contribution in [0, 0.1) is 6.92 Å². The van der Waals surface area contributed by atoms with Gasteiger partial charge in [0, 0.05) is 11.9 Å². The zero-order valence-electron chi connectivity index (χ0n) is 14.0. The Morgan fingerprint density at radius 3 is 2.96 bits per heavy atom. The van der Waals surface area contributed by atoms with Crippen molar-refractivity contribution < 1.29 is 4.79 Å². The lowest BCUT2D eigenvalue weighted by Gasteiger charge is -2.01. The third kappa shape index (κ3) is 3.57. The van der Waals surface area contributed by atoms with E-state index >= 15 is 0 Å². The minimum absolute atomic E-state index is 0.154. The lowest BCUT2D eigenvalue weighted by Crippen LogP contribution is -2.23. The number of nitrogens with one attached hydrogen (secondary N) is 1. The van der Waals surface area contributed by atoms with Crippen molar-refractivity contribution in [2.45, 2.75) is 33.2 Å². The average molecular weight is 361 g/mol. The van der Waals surface area contributed by atoms with Crippen LogP contribution in [0.5, 0.6) is 0 Å². The molecule has 7 heteroatoms. The van der Waals surface area contributed by atoms with Crippen LogP contribution in [-0.2, 0) is 20.0 Å². The summed E-state index contributed by atoms with van der Waals surface area (Å²) in [6, 6.07) is 5.86. The van der Waals surface area contributed by atoms with E-state index in [0.717, 1.165) is 39.0 Å². The number of rotatable bonds is 6. The van der Waals surface area contributed by atoms with Crippen molar-refractivity contribution in [2.75, 3.05) is 0 Å². The maximum absolute atomic E-state index is 12.4. The van der Waals surface area contributed by atoms with E-state index in [0.29, 0.717) is 12.2 Å². The first-order chi connectivity index (χ1) is 11.6. The summed E-state index contributed by atoms with van der Waals surface area (Å²) in [4.78, 5) is 19.2. The number of amides is 1. The van der Waals surface area contributed by atoms with Gasteiger partial charge in [-0.1, -0.05) is 13.0 Å². The summed E-state index contributed by atoms with van der Waals surface area (Å²) >= 11 is 3.31. The van der Waals surface area contributed by atoms with Gasteiger partial charge >= 0.3 is 0 Å². The molecule has 3 aromatic rings. The molecule has 3 heterocycles. The molecule has 1 amide bonds. The van der Waals surface area contributed by atoms with Crippen LogP contribution in [0.4, 0.5) is 0 Å². The molecule has 0 saturated heterocycles. The minimum Gasteiger partial charge on any atom is -0.346 e. The molecule has 0 aliphatic rings. The summed E-state index contributed by atoms with van der Waals surface area (Å²) in [5, 5.41) is 10.4. The Labute approximate surface area is 149 Å². The van der Waals surface area contributed by atoms with Crippen LogP contribution in [0.25, 0.3) is 10.6 Å². The predicted octanol–water partition coefficient (Wildman–Crippen LogP) is 3.80. The van der Waals surface area contributed by atoms with Crippen LogP contribution in [0.3, 0.4) is 0 Å². The fourth-order valence-corrected chi connectivity index (χ4v) is 4.34. The molecule has 0 unspecified atom stereocenters. The number of carbonyl (C=O) groups is 1. The fourth-order valence-electron chi connectivity index (χ4n) is 2.46. The molecule has 0 aliphatic heterocycles. The van der Waals surface area contributed by atoms with E-state index in [2.05, 4.69) is 22.3 Å². The van der Waals surface area contributed by atoms with Crippen LogP contribution in [-0.4, -0.2) is 20.7 Å². The number of thiazole rings is 1. The van der Waals surface area contributed by atoms with Crippen molar-refractivity contribution in [2.24, 2.45) is 7.05 Å². The Kier molecular flexibility index (Phi) is 5.11. The zero-order chi connectivity index (χ0) is 17.1. The molecular formula is C17H20N4OS2. The number of aromatic nitrogens is 3. The van der Waals surface area contributed by atoms with Gasteiger partial charge in [0.05, 0.1) is 27.8 Å². The first-order valence-corrected chi connectivity index (χ1v) is 9.59. The molecule has 3 rings (SSSR count). The summed E-state index contributed by atoms with van der Waals surface area (Å²) in [5.74, 6) is -0.154. The maximum atomic E-state index is 12.4. The smallest absolute Gasteiger partial charge is 0.272 e. The molecule has 0 radical (unpaired) electrons. The number of thiophene rings is 1. The third-order valence-electron chi connectivity index (χ3n) is 3.70. The Bertz CT molecular complexity index is 833. The summed E-state index contributed by atoms with van der Waals surface area (Å²) in [6.07, 6.45) is 2.07. The highest BCUT2D eigenvalue weighted by Gasteiger charge is 2.15. The van der Waals surface area contributed by atoms with Crippen LogP contribution in [0.2, 0.25) is 0 Å². The van der Waals surface area contributed by atoms with E-state index in [-0.39, 0.29) is 5.91 Å². The summed E-state index contributed by atoms with van der Waals surface area (Å²) in [5.41, 5.74) is 2.40. The van der Waals surface area contributed by atoms with E-state index in [1.807, 2.05) is 37.6 Å². The highest BCUT2D eigenvalue weighted by molar-refractivity contribution is 7.13. The number of hydrogen-bond donors (Lipinski definition) is 1. The van der Waals surface area contributed by atoms with E-state index < -0.39 is 0 Å². The van der Waals surface area contributed by atoms with Crippen molar-refractivity contribution in [3.05, 3.63) is 44.9 Å². The molecule has 0 atom stereocenters. The maximum Gasteiger partial charge on any atom is 0.272 e. The third-order valence-corrected chi connectivity index (χ3v) is 5.81. The molecule has 126 valence electrons. The largest absolute Gasteiger partial charge is 0.346 e. The van der Waals surface area contributed by atoms with Crippen molar-refractivity contribution in [3.63, 3.8) is 0 Å². The van der Waals surface area contributed by atoms with Gasteiger partial charge in [-0.05, 0) is 37.3 Å². The van der Waals surface area contributed by atoms with Gasteiger partial charge < -0.3 is 5.32 Å². The highest BCUT2D eigenvalue weighted by Crippen LogP contribution is 2.25. The summed E-state index contributed by atoms with van der Waals surface area (Å²) < 4.78 is 1.75. The topological polar surface area (TPSA) is 59.8 Å². The molecule has 0 aromatic carbocycles. The van der Waals surface area contributed by atoms with Gasteiger partial charge in [0.15, 0.2) is 5.69 Å². The molecule has 3 aromatic heterocycles. The molecule has 1 N–H and O–H groups in total. The normalized spacial score (nSPS) is 11.0. The van der Waals surface area contributed by atoms with Crippen LogP contribution < -0.4 is 5.32 Å². The van der Waals surface area contributed by atoms with Crippen molar-refractivity contribution in [1.82, 2.24) is 20.1 Å². The molecule has 0 aliphatic carbocycles. The monoisotopic (exact) mass is 360 g/mol. The van der Waals surface area contributed by atoms with Gasteiger partial charge in [-0.3, -0.25) is 9.48 Å². The van der Waals surface area contributed by atoms with Gasteiger partial charge in [0.1, 0.15) is 0 Å². The van der Waals surface area contributed by atoms with Gasteiger partial charge in [-0.25, -0.2) is 4.98 Å². The van der Waals surface area contributed by atoms with Gasteiger partial charge in [0.2, 0.25) is 0 Å². The Morgan fingerprint density at radius 2 is 2.25 bits per heavy atom. The van der Waals surface area contributed by atoms with Crippen molar-refractivity contribution in [1.29, 1.82) is 0 Å². The Morgan fingerprint density at radius 1 is 1.42 bits per heavy atom. The molecule has 0 fully saturated rings. The predicted molar refractivity (Wildman–Crippen MR) is 98.5 cm³/mol. The molecule has 0 bridgehead atoms. The van der Waals surface area contributed by atoms with E-state index in [1.165, 1.54) is 0 Å². The summed E-state index contributed by atoms with van der Waals surface area (Å²) in [6.45, 7) is 4.63. The number of carbonyl (C=O) groups excluding carboxylic acids is 1. The second-order valence-electron chi connectivity index (χ2n) is 5.56. The first-order valence-electron chi connectivity index (χ1n) is 7.89. The number of aryl methyl sites for hydroxylation is 3. The Hall–Kier alpha value is -1.99. The summed E-state index contributed by atoms with van der Waals surface area (Å²) in [7, 11) is 1.86. The van der Waals surface area contributed by atoms with E-state index in [9.17, 15) is 4.79 Å². The lowest BCUT2D eigenvalue weighted by atomic mass is 10.3. The molecular weight excluding hydrogens is 340 g/mol. The second-order valence-corrected chi connectivity index (χ2v) is 7.68. The molecule has 24 heavy (non-hydrogen) atoms. The molecule has 0 spiro atoms. The van der Waals surface area contributed by atoms with E-state index in [1.54, 1.807) is 27.4 Å². The molecule has 0 saturated carbocycles. The van der Waals surface area contributed by atoms with Crippen LogP contribution in [0.15, 0.2) is 23.6 Å². The highest BCUT2D eigenvalue weighted by atomic mass is 32.1. The van der Waals surface area contributed by atoms with Crippen LogP contribution >= 0.6 is 22.7 Å².